The van der Waals surface area contributed by atoms with Gasteiger partial charge in [-0.05, 0) is 24.5 Å². The van der Waals surface area contributed by atoms with Gasteiger partial charge in [-0.2, -0.15) is 0 Å². The second-order valence-corrected chi connectivity index (χ2v) is 5.69. The van der Waals surface area contributed by atoms with Crippen molar-refractivity contribution in [2.24, 2.45) is 5.92 Å². The first-order valence-electron chi connectivity index (χ1n) is 7.45. The quantitative estimate of drug-likeness (QED) is 0.750. The third-order valence-corrected chi connectivity index (χ3v) is 3.46. The van der Waals surface area contributed by atoms with Crippen molar-refractivity contribution in [2.45, 2.75) is 33.1 Å². The molecule has 2 aromatic rings. The first kappa shape index (κ1) is 15.3. The number of aromatic carboxylic acids is 1. The summed E-state index contributed by atoms with van der Waals surface area (Å²) in [5.41, 5.74) is 1.01. The van der Waals surface area contributed by atoms with Crippen LogP contribution in [0.5, 0.6) is 0 Å². The van der Waals surface area contributed by atoms with Crippen LogP contribution in [0.25, 0.3) is 10.9 Å². The Kier molecular flexibility index (Phi) is 5.14. The van der Waals surface area contributed by atoms with Crippen LogP contribution in [-0.2, 0) is 0 Å². The second-order valence-electron chi connectivity index (χ2n) is 5.69. The SMILES string of the molecule is CC(C)CCCCNc1cc(C(=O)O)c2ccccc2n1. The molecular formula is C17H22N2O2. The number of anilines is 1. The lowest BCUT2D eigenvalue weighted by Gasteiger charge is -2.09. The molecule has 112 valence electrons. The van der Waals surface area contributed by atoms with E-state index in [1.165, 1.54) is 12.8 Å². The lowest BCUT2D eigenvalue weighted by Crippen LogP contribution is -2.07. The van der Waals surface area contributed by atoms with Gasteiger partial charge >= 0.3 is 5.97 Å². The number of carbonyl (C=O) groups is 1. The van der Waals surface area contributed by atoms with Gasteiger partial charge in [-0.25, -0.2) is 9.78 Å². The van der Waals surface area contributed by atoms with Gasteiger partial charge < -0.3 is 10.4 Å². The molecule has 1 heterocycles. The normalized spacial score (nSPS) is 11.0. The van der Waals surface area contributed by atoms with Crippen LogP contribution in [0.1, 0.15) is 43.5 Å². The molecule has 1 aromatic carbocycles. The fraction of sp³-hybridized carbons (Fsp3) is 0.412. The first-order valence-corrected chi connectivity index (χ1v) is 7.45. The minimum absolute atomic E-state index is 0.297. The van der Waals surface area contributed by atoms with Crippen LogP contribution in [0.15, 0.2) is 30.3 Å². The predicted molar refractivity (Wildman–Crippen MR) is 85.9 cm³/mol. The molecule has 0 radical (unpaired) electrons. The molecule has 0 aliphatic heterocycles. The molecule has 21 heavy (non-hydrogen) atoms. The monoisotopic (exact) mass is 286 g/mol. The van der Waals surface area contributed by atoms with Crippen LogP contribution in [0.4, 0.5) is 5.82 Å². The van der Waals surface area contributed by atoms with Gasteiger partial charge in [-0.1, -0.05) is 44.9 Å². The molecule has 0 saturated carbocycles. The number of pyridine rings is 1. The maximum absolute atomic E-state index is 11.4. The molecule has 0 bridgehead atoms. The first-order chi connectivity index (χ1) is 10.1. The summed E-state index contributed by atoms with van der Waals surface area (Å²) in [6.07, 6.45) is 3.45. The molecule has 0 amide bonds. The van der Waals surface area contributed by atoms with E-state index in [1.54, 1.807) is 12.1 Å². The van der Waals surface area contributed by atoms with Crippen molar-refractivity contribution in [3.8, 4) is 0 Å². The zero-order chi connectivity index (χ0) is 15.2. The van der Waals surface area contributed by atoms with E-state index in [9.17, 15) is 9.90 Å². The summed E-state index contributed by atoms with van der Waals surface area (Å²) in [6, 6.07) is 8.94. The summed E-state index contributed by atoms with van der Waals surface area (Å²) in [7, 11) is 0. The van der Waals surface area contributed by atoms with Gasteiger partial charge in [0.2, 0.25) is 0 Å². The smallest absolute Gasteiger partial charge is 0.336 e. The van der Waals surface area contributed by atoms with E-state index >= 15 is 0 Å². The molecule has 4 nitrogen and oxygen atoms in total. The number of para-hydroxylation sites is 1. The highest BCUT2D eigenvalue weighted by atomic mass is 16.4. The van der Waals surface area contributed by atoms with Gasteiger partial charge in [0.15, 0.2) is 0 Å². The zero-order valence-electron chi connectivity index (χ0n) is 12.6. The molecule has 0 atom stereocenters. The molecule has 0 aliphatic carbocycles. The summed E-state index contributed by atoms with van der Waals surface area (Å²) in [5.74, 6) is 0.439. The van der Waals surface area contributed by atoms with Gasteiger partial charge in [-0.3, -0.25) is 0 Å². The van der Waals surface area contributed by atoms with E-state index in [1.807, 2.05) is 18.2 Å². The number of nitrogens with one attached hydrogen (secondary N) is 1. The summed E-state index contributed by atoms with van der Waals surface area (Å²) in [5, 5.41) is 13.2. The Hall–Kier alpha value is -2.10. The highest BCUT2D eigenvalue weighted by Crippen LogP contribution is 2.21. The zero-order valence-corrected chi connectivity index (χ0v) is 12.6. The Morgan fingerprint density at radius 1 is 1.29 bits per heavy atom. The van der Waals surface area contributed by atoms with Crippen LogP contribution in [0.2, 0.25) is 0 Å². The van der Waals surface area contributed by atoms with Crippen molar-refractivity contribution in [3.05, 3.63) is 35.9 Å². The van der Waals surface area contributed by atoms with Crippen molar-refractivity contribution in [1.29, 1.82) is 0 Å². The van der Waals surface area contributed by atoms with Crippen molar-refractivity contribution in [1.82, 2.24) is 4.98 Å². The second kappa shape index (κ2) is 7.07. The standard InChI is InChI=1S/C17H22N2O2/c1-12(2)7-5-6-10-18-16-11-14(17(20)21)13-8-3-4-9-15(13)19-16/h3-4,8-9,11-12H,5-7,10H2,1-2H3,(H,18,19)(H,20,21). The number of carboxylic acid groups (broad SMARTS) is 1. The molecule has 0 spiro atoms. The maximum atomic E-state index is 11.4. The van der Waals surface area contributed by atoms with Crippen LogP contribution in [0.3, 0.4) is 0 Å². The summed E-state index contributed by atoms with van der Waals surface area (Å²) < 4.78 is 0. The van der Waals surface area contributed by atoms with Gasteiger partial charge in [0.1, 0.15) is 5.82 Å². The number of aromatic nitrogens is 1. The van der Waals surface area contributed by atoms with Crippen molar-refractivity contribution >= 4 is 22.7 Å². The molecule has 1 aromatic heterocycles. The van der Waals surface area contributed by atoms with Crippen LogP contribution in [-0.4, -0.2) is 22.6 Å². The summed E-state index contributed by atoms with van der Waals surface area (Å²) in [4.78, 5) is 15.8. The fourth-order valence-corrected chi connectivity index (χ4v) is 2.34. The molecule has 0 saturated heterocycles. The van der Waals surface area contributed by atoms with Crippen LogP contribution < -0.4 is 5.32 Å². The number of nitrogens with zero attached hydrogens (tertiary/aromatic N) is 1. The Balaban J connectivity index is 2.08. The Morgan fingerprint density at radius 3 is 2.76 bits per heavy atom. The lowest BCUT2D eigenvalue weighted by molar-refractivity contribution is 0.0699. The van der Waals surface area contributed by atoms with E-state index in [2.05, 4.69) is 24.1 Å². The Morgan fingerprint density at radius 2 is 2.05 bits per heavy atom. The topological polar surface area (TPSA) is 62.2 Å². The Bertz CT molecular complexity index is 623. The largest absolute Gasteiger partial charge is 0.478 e. The number of rotatable bonds is 7. The van der Waals surface area contributed by atoms with Crippen LogP contribution in [0, 0.1) is 5.92 Å². The third kappa shape index (κ3) is 4.18. The van der Waals surface area contributed by atoms with E-state index in [0.717, 1.165) is 18.9 Å². The van der Waals surface area contributed by atoms with Gasteiger partial charge in [0.25, 0.3) is 0 Å². The van der Waals surface area contributed by atoms with E-state index < -0.39 is 5.97 Å². The summed E-state index contributed by atoms with van der Waals surface area (Å²) >= 11 is 0. The molecule has 2 N–H and O–H groups in total. The van der Waals surface area contributed by atoms with Gasteiger partial charge in [-0.15, -0.1) is 0 Å². The molecular weight excluding hydrogens is 264 g/mol. The minimum atomic E-state index is -0.920. The maximum Gasteiger partial charge on any atom is 0.336 e. The van der Waals surface area contributed by atoms with E-state index in [4.69, 9.17) is 0 Å². The molecule has 2 rings (SSSR count). The lowest BCUT2D eigenvalue weighted by atomic mass is 10.1. The van der Waals surface area contributed by atoms with Gasteiger partial charge in [0.05, 0.1) is 11.1 Å². The molecule has 0 fully saturated rings. The average Bonchev–Trinajstić information content (AvgIpc) is 2.45. The third-order valence-electron chi connectivity index (χ3n) is 3.46. The van der Waals surface area contributed by atoms with Gasteiger partial charge in [0, 0.05) is 11.9 Å². The van der Waals surface area contributed by atoms with E-state index in [-0.39, 0.29) is 0 Å². The number of hydrogen-bond donors (Lipinski definition) is 2. The highest BCUT2D eigenvalue weighted by molar-refractivity contribution is 6.03. The summed E-state index contributed by atoms with van der Waals surface area (Å²) in [6.45, 7) is 5.26. The van der Waals surface area contributed by atoms with Crippen LogP contribution >= 0.6 is 0 Å². The number of carboxylic acids is 1. The molecule has 0 unspecified atom stereocenters. The van der Waals surface area contributed by atoms with E-state index in [0.29, 0.717) is 22.3 Å². The highest BCUT2D eigenvalue weighted by Gasteiger charge is 2.11. The van der Waals surface area contributed by atoms with Crippen molar-refractivity contribution in [3.63, 3.8) is 0 Å². The fourth-order valence-electron chi connectivity index (χ4n) is 2.34. The van der Waals surface area contributed by atoms with Crippen molar-refractivity contribution in [2.75, 3.05) is 11.9 Å². The number of hydrogen-bond acceptors (Lipinski definition) is 3. The molecule has 0 aliphatic rings. The van der Waals surface area contributed by atoms with Crippen molar-refractivity contribution < 1.29 is 9.90 Å². The molecule has 4 heteroatoms. The number of benzene rings is 1. The Labute approximate surface area is 125 Å². The average molecular weight is 286 g/mol. The number of fused-ring (bicyclic) bond motifs is 1. The number of unbranched alkanes of at least 4 members (excludes halogenated alkanes) is 1. The minimum Gasteiger partial charge on any atom is -0.478 e. The predicted octanol–water partition coefficient (Wildman–Crippen LogP) is 4.17.